The first-order chi connectivity index (χ1) is 16.8. The molecule has 3 heterocycles. The lowest BCUT2D eigenvalue weighted by atomic mass is 9.91. The number of rotatable bonds is 7. The van der Waals surface area contributed by atoms with Gasteiger partial charge in [-0.25, -0.2) is 18.7 Å². The van der Waals surface area contributed by atoms with E-state index in [-0.39, 0.29) is 42.3 Å². The average Bonchev–Trinajstić information content (AvgIpc) is 3.23. The molecule has 0 bridgehead atoms. The number of fused-ring (bicyclic) bond motifs is 1. The highest BCUT2D eigenvalue weighted by molar-refractivity contribution is 5.95. The number of alkyl halides is 2. The zero-order chi connectivity index (χ0) is 24.6. The molecule has 184 valence electrons. The van der Waals surface area contributed by atoms with E-state index in [2.05, 4.69) is 15.3 Å². The Kier molecular flexibility index (Phi) is 6.00. The average molecular weight is 485 g/mol. The molecular weight excluding hydrogens is 460 g/mol. The minimum atomic E-state index is -2.65. The number of hydrogen-bond acceptors (Lipinski definition) is 6. The van der Waals surface area contributed by atoms with Crippen LogP contribution in [-0.4, -0.2) is 50.4 Å². The molecule has 2 aliphatic rings. The Balaban J connectivity index is 1.16. The molecule has 0 saturated heterocycles. The van der Waals surface area contributed by atoms with E-state index < -0.39 is 17.9 Å². The minimum absolute atomic E-state index is 0.0323. The summed E-state index contributed by atoms with van der Waals surface area (Å²) in [7, 11) is 0. The van der Waals surface area contributed by atoms with Crippen LogP contribution >= 0.6 is 0 Å². The van der Waals surface area contributed by atoms with Gasteiger partial charge in [0.15, 0.2) is 0 Å². The number of primary amides is 1. The van der Waals surface area contributed by atoms with E-state index >= 15 is 0 Å². The summed E-state index contributed by atoms with van der Waals surface area (Å²) in [6.45, 7) is 0. The Hall–Kier alpha value is -3.76. The van der Waals surface area contributed by atoms with Gasteiger partial charge in [0.25, 0.3) is 17.7 Å². The van der Waals surface area contributed by atoms with Gasteiger partial charge in [-0.2, -0.15) is 0 Å². The molecule has 0 radical (unpaired) electrons. The molecule has 35 heavy (non-hydrogen) atoms. The Labute approximate surface area is 199 Å². The molecule has 9 nitrogen and oxygen atoms in total. The van der Waals surface area contributed by atoms with Crippen molar-refractivity contribution in [3.8, 4) is 11.6 Å². The van der Waals surface area contributed by atoms with Crippen molar-refractivity contribution in [2.75, 3.05) is 0 Å². The molecule has 0 aliphatic heterocycles. The highest BCUT2D eigenvalue weighted by atomic mass is 19.3. The Bertz CT molecular complexity index is 1250. The summed E-state index contributed by atoms with van der Waals surface area (Å²) in [4.78, 5) is 32.8. The number of imidazole rings is 1. The first kappa shape index (κ1) is 23.0. The van der Waals surface area contributed by atoms with Crippen LogP contribution < -0.4 is 20.5 Å². The van der Waals surface area contributed by atoms with Gasteiger partial charge < -0.3 is 20.5 Å². The summed E-state index contributed by atoms with van der Waals surface area (Å²) in [5, 5.41) is 3.04. The molecule has 3 N–H and O–H groups in total. The quantitative estimate of drug-likeness (QED) is 0.531. The second-order valence-electron chi connectivity index (χ2n) is 9.02. The first-order valence-electron chi connectivity index (χ1n) is 11.5. The molecule has 3 aromatic heterocycles. The van der Waals surface area contributed by atoms with Crippen LogP contribution in [0.4, 0.5) is 8.78 Å². The van der Waals surface area contributed by atoms with Crippen molar-refractivity contribution in [1.29, 1.82) is 0 Å². The van der Waals surface area contributed by atoms with Gasteiger partial charge in [0, 0.05) is 37.3 Å². The lowest BCUT2D eigenvalue weighted by Crippen LogP contribution is -2.43. The smallest absolute Gasteiger partial charge is 0.270 e. The molecule has 0 aromatic carbocycles. The van der Waals surface area contributed by atoms with Crippen molar-refractivity contribution in [1.82, 2.24) is 19.7 Å². The number of nitrogens with two attached hydrogens (primary N) is 1. The Morgan fingerprint density at radius 3 is 2.57 bits per heavy atom. The normalized spacial score (nSPS) is 21.8. The predicted octanol–water partition coefficient (Wildman–Crippen LogP) is 3.12. The second-order valence-corrected chi connectivity index (χ2v) is 9.02. The van der Waals surface area contributed by atoms with Gasteiger partial charge >= 0.3 is 0 Å². The van der Waals surface area contributed by atoms with Crippen molar-refractivity contribution in [3.05, 3.63) is 54.1 Å². The molecule has 0 unspecified atom stereocenters. The zero-order valence-corrected chi connectivity index (χ0v) is 18.8. The molecular formula is C24H25F2N5O4. The van der Waals surface area contributed by atoms with E-state index in [1.807, 2.05) is 0 Å². The predicted molar refractivity (Wildman–Crippen MR) is 121 cm³/mol. The van der Waals surface area contributed by atoms with E-state index in [1.54, 1.807) is 41.1 Å². The number of hydrogen-bond donors (Lipinski definition) is 2. The molecule has 3 aromatic rings. The number of pyridine rings is 2. The lowest BCUT2D eigenvalue weighted by molar-refractivity contribution is -0.134. The van der Waals surface area contributed by atoms with Crippen LogP contribution in [0.1, 0.15) is 59.4 Å². The third-order valence-electron chi connectivity index (χ3n) is 6.40. The Morgan fingerprint density at radius 1 is 1.09 bits per heavy atom. The number of nitrogens with one attached hydrogen (secondary N) is 1. The standard InChI is InChI=1S/C24H25F2N5O4/c25-24(26)11-17(12-24)34-16-7-9-31-19(13-29-20(31)10-16)22(33)30-14-3-5-15(6-4-14)35-23-18(21(27)32)2-1-8-28-23/h1-2,7-10,13-15,17H,3-6,11-12H2,(H2,27,32)(H,30,33). The van der Waals surface area contributed by atoms with Crippen molar-refractivity contribution in [3.63, 3.8) is 0 Å². The van der Waals surface area contributed by atoms with Crippen LogP contribution in [0.15, 0.2) is 42.9 Å². The van der Waals surface area contributed by atoms with E-state index in [4.69, 9.17) is 15.2 Å². The first-order valence-corrected chi connectivity index (χ1v) is 11.5. The second kappa shape index (κ2) is 9.12. The van der Waals surface area contributed by atoms with Gasteiger partial charge in [0.05, 0.1) is 6.20 Å². The monoisotopic (exact) mass is 485 g/mol. The number of carbonyl (C=O) groups excluding carboxylic acids is 2. The van der Waals surface area contributed by atoms with Crippen LogP contribution in [0, 0.1) is 0 Å². The van der Waals surface area contributed by atoms with Gasteiger partial charge in [-0.3, -0.25) is 14.0 Å². The SMILES string of the molecule is NC(=O)c1cccnc1OC1CCC(NC(=O)c2cnc3cc(OC4CC(F)(F)C4)ccn23)CC1. The molecule has 2 amide bonds. The summed E-state index contributed by atoms with van der Waals surface area (Å²) < 4.78 is 39.2. The molecule has 2 saturated carbocycles. The fourth-order valence-corrected chi connectivity index (χ4v) is 4.50. The summed E-state index contributed by atoms with van der Waals surface area (Å²) in [5.41, 5.74) is 6.50. The molecule has 2 fully saturated rings. The maximum atomic E-state index is 13.0. The number of aromatic nitrogens is 3. The van der Waals surface area contributed by atoms with E-state index in [0.29, 0.717) is 42.8 Å². The van der Waals surface area contributed by atoms with Crippen molar-refractivity contribution in [2.45, 2.75) is 62.7 Å². The molecule has 5 rings (SSSR count). The van der Waals surface area contributed by atoms with E-state index in [0.717, 1.165) is 0 Å². The fraction of sp³-hybridized carbons (Fsp3) is 0.417. The molecule has 0 spiro atoms. The highest BCUT2D eigenvalue weighted by Crippen LogP contribution is 2.39. The Morgan fingerprint density at radius 2 is 1.86 bits per heavy atom. The van der Waals surface area contributed by atoms with Gasteiger partial charge in [-0.05, 0) is 43.9 Å². The fourth-order valence-electron chi connectivity index (χ4n) is 4.50. The summed E-state index contributed by atoms with van der Waals surface area (Å²) >= 11 is 0. The number of ether oxygens (including phenoxy) is 2. The van der Waals surface area contributed by atoms with Crippen molar-refractivity contribution >= 4 is 17.5 Å². The zero-order valence-electron chi connectivity index (χ0n) is 18.8. The van der Waals surface area contributed by atoms with Gasteiger partial charge in [-0.15, -0.1) is 0 Å². The highest BCUT2D eigenvalue weighted by Gasteiger charge is 2.47. The molecule has 2 aliphatic carbocycles. The summed E-state index contributed by atoms with van der Waals surface area (Å²) in [6, 6.07) is 6.45. The van der Waals surface area contributed by atoms with Crippen LogP contribution in [0.25, 0.3) is 5.65 Å². The van der Waals surface area contributed by atoms with Crippen LogP contribution in [-0.2, 0) is 0 Å². The number of halogens is 2. The van der Waals surface area contributed by atoms with Gasteiger partial charge in [0.2, 0.25) is 5.88 Å². The minimum Gasteiger partial charge on any atom is -0.490 e. The lowest BCUT2D eigenvalue weighted by Gasteiger charge is -2.34. The maximum absolute atomic E-state index is 13.0. The molecule has 11 heteroatoms. The van der Waals surface area contributed by atoms with Crippen LogP contribution in [0.2, 0.25) is 0 Å². The van der Waals surface area contributed by atoms with Gasteiger partial charge in [0.1, 0.15) is 34.9 Å². The number of nitrogens with zero attached hydrogens (tertiary/aromatic N) is 3. The number of amides is 2. The van der Waals surface area contributed by atoms with Crippen molar-refractivity contribution in [2.24, 2.45) is 5.73 Å². The maximum Gasteiger partial charge on any atom is 0.270 e. The van der Waals surface area contributed by atoms with Crippen LogP contribution in [0.5, 0.6) is 11.6 Å². The van der Waals surface area contributed by atoms with Gasteiger partial charge in [-0.1, -0.05) is 0 Å². The summed E-state index contributed by atoms with van der Waals surface area (Å²) in [5.74, 6) is -2.82. The third kappa shape index (κ3) is 5.03. The third-order valence-corrected chi connectivity index (χ3v) is 6.40. The largest absolute Gasteiger partial charge is 0.490 e. The van der Waals surface area contributed by atoms with E-state index in [9.17, 15) is 18.4 Å². The summed E-state index contributed by atoms with van der Waals surface area (Å²) in [6.07, 6.45) is 6.25. The topological polar surface area (TPSA) is 121 Å². The number of carbonyl (C=O) groups is 2. The molecule has 0 atom stereocenters. The van der Waals surface area contributed by atoms with Crippen molar-refractivity contribution < 1.29 is 27.8 Å². The van der Waals surface area contributed by atoms with E-state index in [1.165, 1.54) is 6.20 Å². The van der Waals surface area contributed by atoms with Crippen LogP contribution in [0.3, 0.4) is 0 Å².